The van der Waals surface area contributed by atoms with E-state index in [9.17, 15) is 23.1 Å². The van der Waals surface area contributed by atoms with Crippen molar-refractivity contribution in [1.82, 2.24) is 14.7 Å². The van der Waals surface area contributed by atoms with Crippen LogP contribution >= 0.6 is 0 Å². The summed E-state index contributed by atoms with van der Waals surface area (Å²) in [4.78, 5) is 16.4. The number of nitriles is 1. The van der Waals surface area contributed by atoms with E-state index in [1.54, 1.807) is 30.3 Å². The lowest BCUT2D eigenvalue weighted by Crippen LogP contribution is -2.47. The van der Waals surface area contributed by atoms with Gasteiger partial charge in [-0.15, -0.1) is 0 Å². The van der Waals surface area contributed by atoms with Crippen molar-refractivity contribution in [2.75, 3.05) is 37.7 Å². The Hall–Kier alpha value is -3.06. The Balaban J connectivity index is 1.52. The van der Waals surface area contributed by atoms with Crippen LogP contribution in [0.2, 0.25) is 0 Å². The number of hydrogen-bond acceptors (Lipinski definition) is 5. The fourth-order valence-electron chi connectivity index (χ4n) is 5.01. The van der Waals surface area contributed by atoms with Crippen LogP contribution in [-0.4, -0.2) is 58.5 Å². The maximum absolute atomic E-state index is 13.4. The van der Waals surface area contributed by atoms with Crippen molar-refractivity contribution in [3.8, 4) is 6.07 Å². The molecule has 3 heterocycles. The molecule has 1 spiro atoms. The average Bonchev–Trinajstić information content (AvgIpc) is 3.36. The summed E-state index contributed by atoms with van der Waals surface area (Å²) in [6, 6.07) is 7.03. The van der Waals surface area contributed by atoms with Gasteiger partial charge in [0.25, 0.3) is 5.91 Å². The molecule has 1 unspecified atom stereocenters. The highest BCUT2D eigenvalue weighted by atomic mass is 19.4. The Morgan fingerprint density at radius 2 is 2.03 bits per heavy atom. The number of rotatable bonds is 3. The molecule has 2 saturated heterocycles. The first-order valence-electron chi connectivity index (χ1n) is 10.4. The van der Waals surface area contributed by atoms with Crippen molar-refractivity contribution in [1.29, 1.82) is 5.26 Å². The van der Waals surface area contributed by atoms with Gasteiger partial charge in [0.1, 0.15) is 5.69 Å². The van der Waals surface area contributed by atoms with Crippen molar-refractivity contribution < 1.29 is 23.1 Å². The van der Waals surface area contributed by atoms with E-state index < -0.39 is 17.3 Å². The molecule has 0 saturated carbocycles. The number of carbonyl (C=O) groups excluding carboxylic acids is 1. The molecular weight excluding hydrogens is 423 g/mol. The van der Waals surface area contributed by atoms with Gasteiger partial charge < -0.3 is 14.9 Å². The normalized spacial score (nSPS) is 20.6. The lowest BCUT2D eigenvalue weighted by atomic mass is 9.71. The second-order valence-electron chi connectivity index (χ2n) is 8.59. The van der Waals surface area contributed by atoms with Gasteiger partial charge in [-0.25, -0.2) is 0 Å². The molecule has 32 heavy (non-hydrogen) atoms. The molecule has 1 amide bonds. The van der Waals surface area contributed by atoms with Gasteiger partial charge >= 0.3 is 6.18 Å². The molecule has 170 valence electrons. The maximum Gasteiger partial charge on any atom is 0.417 e. The molecule has 10 heteroatoms. The largest absolute Gasteiger partial charge is 0.417 e. The minimum absolute atomic E-state index is 0.0748. The standard InChI is InChI=1S/C22H24F3N5O2/c1-28-19(4-7-27-28)20(32)29-8-5-21(6-9-29)14-30(12-16(21)13-31)17-3-2-15(11-26)18(10-17)22(23,24)25/h2-4,7,10,16,31H,5-6,8-9,12-14H2,1H3. The van der Waals surface area contributed by atoms with E-state index in [1.165, 1.54) is 16.8 Å². The van der Waals surface area contributed by atoms with Crippen molar-refractivity contribution in [2.24, 2.45) is 18.4 Å². The van der Waals surface area contributed by atoms with Crippen LogP contribution in [0.5, 0.6) is 0 Å². The van der Waals surface area contributed by atoms with E-state index >= 15 is 0 Å². The number of aryl methyl sites for hydroxylation is 1. The topological polar surface area (TPSA) is 85.4 Å². The number of alkyl halides is 3. The smallest absolute Gasteiger partial charge is 0.396 e. The highest BCUT2D eigenvalue weighted by Crippen LogP contribution is 2.46. The van der Waals surface area contributed by atoms with E-state index in [0.29, 0.717) is 50.4 Å². The number of piperidine rings is 1. The first-order chi connectivity index (χ1) is 15.2. The van der Waals surface area contributed by atoms with Gasteiger partial charge in [-0.05, 0) is 42.5 Å². The summed E-state index contributed by atoms with van der Waals surface area (Å²) in [7, 11) is 1.71. The number of likely N-dealkylation sites (tertiary alicyclic amines) is 1. The molecule has 1 aromatic heterocycles. The van der Waals surface area contributed by atoms with Gasteiger partial charge in [0.2, 0.25) is 0 Å². The summed E-state index contributed by atoms with van der Waals surface area (Å²) >= 11 is 0. The van der Waals surface area contributed by atoms with Gasteiger partial charge in [-0.1, -0.05) is 0 Å². The first kappa shape index (κ1) is 22.1. The third-order valence-electron chi connectivity index (χ3n) is 6.91. The molecule has 0 radical (unpaired) electrons. The van der Waals surface area contributed by atoms with Crippen molar-refractivity contribution in [2.45, 2.75) is 19.0 Å². The number of halogens is 3. The Bertz CT molecular complexity index is 1050. The monoisotopic (exact) mass is 447 g/mol. The fraction of sp³-hybridized carbons (Fsp3) is 0.500. The van der Waals surface area contributed by atoms with Crippen molar-refractivity contribution in [3.05, 3.63) is 47.3 Å². The highest BCUT2D eigenvalue weighted by molar-refractivity contribution is 5.92. The zero-order valence-electron chi connectivity index (χ0n) is 17.6. The summed E-state index contributed by atoms with van der Waals surface area (Å²) in [5.41, 5.74) is -0.749. The molecule has 7 nitrogen and oxygen atoms in total. The molecule has 1 aromatic carbocycles. The van der Waals surface area contributed by atoms with Crippen molar-refractivity contribution >= 4 is 11.6 Å². The second-order valence-corrected chi connectivity index (χ2v) is 8.59. The molecule has 2 aliphatic heterocycles. The Labute approximate surface area is 183 Å². The number of aromatic nitrogens is 2. The van der Waals surface area contributed by atoms with Crippen LogP contribution in [0.1, 0.15) is 34.5 Å². The van der Waals surface area contributed by atoms with E-state index in [2.05, 4.69) is 5.10 Å². The molecule has 1 atom stereocenters. The first-order valence-corrected chi connectivity index (χ1v) is 10.4. The second kappa shape index (κ2) is 8.13. The fourth-order valence-corrected chi connectivity index (χ4v) is 5.01. The molecule has 2 aliphatic rings. The van der Waals surface area contributed by atoms with Crippen molar-refractivity contribution in [3.63, 3.8) is 0 Å². The lowest BCUT2D eigenvalue weighted by molar-refractivity contribution is -0.137. The number of nitrogens with zero attached hydrogens (tertiary/aromatic N) is 5. The zero-order valence-corrected chi connectivity index (χ0v) is 17.6. The van der Waals surface area contributed by atoms with E-state index in [0.717, 1.165) is 6.07 Å². The minimum atomic E-state index is -4.62. The molecule has 0 aliphatic carbocycles. The van der Waals surface area contributed by atoms with Gasteiger partial charge in [0.05, 0.1) is 17.2 Å². The van der Waals surface area contributed by atoms with Gasteiger partial charge in [-0.2, -0.15) is 23.5 Å². The number of aliphatic hydroxyl groups is 1. The SMILES string of the molecule is Cn1nccc1C(=O)N1CCC2(CC1)CN(c1ccc(C#N)c(C(F)(F)F)c1)CC2CO. The third-order valence-corrected chi connectivity index (χ3v) is 6.91. The lowest BCUT2D eigenvalue weighted by Gasteiger charge is -2.42. The van der Waals surface area contributed by atoms with E-state index in [-0.39, 0.29) is 23.8 Å². The number of amides is 1. The third kappa shape index (κ3) is 3.81. The maximum atomic E-state index is 13.4. The molecule has 0 bridgehead atoms. The Morgan fingerprint density at radius 1 is 1.31 bits per heavy atom. The van der Waals surface area contributed by atoms with Crippen LogP contribution in [0.4, 0.5) is 18.9 Å². The zero-order chi connectivity index (χ0) is 23.1. The highest BCUT2D eigenvalue weighted by Gasteiger charge is 2.48. The Kier molecular flexibility index (Phi) is 5.63. The van der Waals surface area contributed by atoms with Gasteiger partial charge in [0, 0.05) is 57.6 Å². The molecule has 1 N–H and O–H groups in total. The Morgan fingerprint density at radius 3 is 2.59 bits per heavy atom. The number of hydrogen-bond donors (Lipinski definition) is 1. The van der Waals surface area contributed by atoms with Crippen LogP contribution < -0.4 is 4.90 Å². The van der Waals surface area contributed by atoms with Crippen LogP contribution in [0.25, 0.3) is 0 Å². The van der Waals surface area contributed by atoms with Gasteiger partial charge in [-0.3, -0.25) is 9.48 Å². The number of carbonyl (C=O) groups is 1. The summed E-state index contributed by atoms with van der Waals surface area (Å²) in [5.74, 6) is -0.210. The van der Waals surface area contributed by atoms with E-state index in [1.807, 2.05) is 4.90 Å². The van der Waals surface area contributed by atoms with Crippen LogP contribution in [0.15, 0.2) is 30.5 Å². The summed E-state index contributed by atoms with van der Waals surface area (Å²) in [6.07, 6.45) is -1.74. The number of anilines is 1. The number of benzene rings is 1. The van der Waals surface area contributed by atoms with Gasteiger partial charge in [0.15, 0.2) is 0 Å². The van der Waals surface area contributed by atoms with Crippen LogP contribution in [-0.2, 0) is 13.2 Å². The molecule has 2 aromatic rings. The summed E-state index contributed by atoms with van der Waals surface area (Å²) in [5, 5.41) is 23.1. The quantitative estimate of drug-likeness (QED) is 0.782. The van der Waals surface area contributed by atoms with Crippen LogP contribution in [0.3, 0.4) is 0 Å². The van der Waals surface area contributed by atoms with E-state index in [4.69, 9.17) is 5.26 Å². The molecule has 2 fully saturated rings. The average molecular weight is 447 g/mol. The minimum Gasteiger partial charge on any atom is -0.396 e. The predicted octanol–water partition coefficient (Wildman–Crippen LogP) is 2.66. The number of aliphatic hydroxyl groups excluding tert-OH is 1. The van der Waals surface area contributed by atoms with Crippen LogP contribution in [0, 0.1) is 22.7 Å². The molecular formula is C22H24F3N5O2. The molecule has 4 rings (SSSR count). The summed E-state index contributed by atoms with van der Waals surface area (Å²) in [6.45, 7) is 1.87. The summed E-state index contributed by atoms with van der Waals surface area (Å²) < 4.78 is 41.7. The predicted molar refractivity (Wildman–Crippen MR) is 110 cm³/mol.